The molecule has 4 N–H and O–H groups in total. The van der Waals surface area contributed by atoms with Crippen LogP contribution in [0.5, 0.6) is 0 Å². The van der Waals surface area contributed by atoms with Crippen molar-refractivity contribution in [2.75, 3.05) is 26.4 Å². The monoisotopic (exact) mass is 786 g/mol. The second-order valence-electron chi connectivity index (χ2n) is 13.5. The van der Waals surface area contributed by atoms with Crippen LogP contribution in [0.3, 0.4) is 0 Å². The topological polar surface area (TPSA) is 178 Å². The molecule has 0 saturated carbocycles. The summed E-state index contributed by atoms with van der Waals surface area (Å²) in [7, 11) is -5.07. The van der Waals surface area contributed by atoms with Crippen LogP contribution in [0.15, 0.2) is 60.8 Å². The molecule has 6 atom stereocenters. The van der Waals surface area contributed by atoms with E-state index in [1.807, 2.05) is 12.2 Å². The number of carbonyl (C=O) groups is 1. The Morgan fingerprint density at radius 2 is 1.28 bits per heavy atom. The average molecular weight is 787 g/mol. The Hall–Kier alpha value is -2.20. The number of esters is 1. The van der Waals surface area contributed by atoms with E-state index in [-0.39, 0.29) is 19.6 Å². The Morgan fingerprint density at radius 1 is 0.722 bits per heavy atom. The van der Waals surface area contributed by atoms with E-state index in [2.05, 4.69) is 66.6 Å². The highest BCUT2D eigenvalue weighted by Gasteiger charge is 2.48. The number of hydrogen-bond acceptors (Lipinski definition) is 11. The lowest BCUT2D eigenvalue weighted by atomic mass is 9.99. The summed E-state index contributed by atoms with van der Waals surface area (Å²) < 4.78 is 58.7. The summed E-state index contributed by atoms with van der Waals surface area (Å²) >= 11 is 0. The highest BCUT2D eigenvalue weighted by Crippen LogP contribution is 2.26. The second-order valence-corrected chi connectivity index (χ2v) is 14.5. The number of carbonyl (C=O) groups excluding carboxylic acids is 1. The van der Waals surface area contributed by atoms with Crippen molar-refractivity contribution < 1.29 is 56.2 Å². The molecular weight excluding hydrogens is 717 g/mol. The minimum atomic E-state index is -5.07. The van der Waals surface area contributed by atoms with Gasteiger partial charge in [0.2, 0.25) is 0 Å². The summed E-state index contributed by atoms with van der Waals surface area (Å²) in [6.45, 7) is 3.72. The van der Waals surface area contributed by atoms with Gasteiger partial charge in [-0.1, -0.05) is 120 Å². The Labute approximate surface area is 325 Å². The number of unbranched alkanes of at least 4 members (excludes halogenated alkanes) is 10. The van der Waals surface area contributed by atoms with Gasteiger partial charge < -0.3 is 34.3 Å². The first-order chi connectivity index (χ1) is 26.1. The van der Waals surface area contributed by atoms with E-state index < -0.39 is 59.8 Å². The molecule has 312 valence electrons. The molecule has 0 spiro atoms. The molecule has 12 nitrogen and oxygen atoms in total. The van der Waals surface area contributed by atoms with Gasteiger partial charge in [0.05, 0.1) is 19.8 Å². The van der Waals surface area contributed by atoms with Gasteiger partial charge in [-0.05, 0) is 64.2 Å². The third-order valence-corrected chi connectivity index (χ3v) is 9.10. The predicted molar refractivity (Wildman–Crippen MR) is 211 cm³/mol. The fourth-order valence-electron chi connectivity index (χ4n) is 5.62. The van der Waals surface area contributed by atoms with E-state index in [4.69, 9.17) is 23.5 Å². The van der Waals surface area contributed by atoms with Crippen molar-refractivity contribution in [3.8, 4) is 0 Å². The molecule has 1 rings (SSSR count). The number of aliphatic hydroxyl groups excluding tert-OH is 3. The SMILES string of the molecule is CC/C=C\C/C=C\C/C=C\C/C=C\CCC(=O)OC(COCCCCCCCC/C=C\CCCCCC)COC1OC(CO)C(O)C(OS(=O)(=O)O)C1O. The van der Waals surface area contributed by atoms with Crippen molar-refractivity contribution in [1.82, 2.24) is 0 Å². The van der Waals surface area contributed by atoms with E-state index >= 15 is 0 Å². The Balaban J connectivity index is 2.55. The fourth-order valence-corrected chi connectivity index (χ4v) is 6.13. The van der Waals surface area contributed by atoms with Gasteiger partial charge >= 0.3 is 16.4 Å². The Kier molecular flexibility index (Phi) is 30.4. The van der Waals surface area contributed by atoms with Gasteiger partial charge in [0.25, 0.3) is 0 Å². The van der Waals surface area contributed by atoms with Crippen LogP contribution < -0.4 is 0 Å². The first kappa shape index (κ1) is 49.8. The lowest BCUT2D eigenvalue weighted by molar-refractivity contribution is -0.301. The van der Waals surface area contributed by atoms with Gasteiger partial charge in [-0.25, -0.2) is 4.18 Å². The Morgan fingerprint density at radius 3 is 1.87 bits per heavy atom. The second kappa shape index (κ2) is 33.0. The Bertz CT molecular complexity index is 1180. The minimum absolute atomic E-state index is 0.000305. The summed E-state index contributed by atoms with van der Waals surface area (Å²) in [6.07, 6.45) is 29.9. The van der Waals surface area contributed by atoms with Crippen molar-refractivity contribution in [3.05, 3.63) is 60.8 Å². The van der Waals surface area contributed by atoms with Crippen molar-refractivity contribution in [1.29, 1.82) is 0 Å². The summed E-state index contributed by atoms with van der Waals surface area (Å²) in [5.41, 5.74) is 0. The van der Waals surface area contributed by atoms with E-state index in [1.165, 1.54) is 44.9 Å². The molecule has 1 aliphatic heterocycles. The molecule has 0 aromatic heterocycles. The fraction of sp³-hybridized carbons (Fsp3) is 0.732. The molecule has 0 aliphatic carbocycles. The van der Waals surface area contributed by atoms with Gasteiger partial charge in [-0.15, -0.1) is 0 Å². The molecule has 13 heteroatoms. The van der Waals surface area contributed by atoms with Gasteiger partial charge in [-0.3, -0.25) is 9.35 Å². The molecule has 0 aromatic rings. The molecule has 1 aliphatic rings. The summed E-state index contributed by atoms with van der Waals surface area (Å²) in [6, 6.07) is 0. The third kappa shape index (κ3) is 26.6. The summed E-state index contributed by atoms with van der Waals surface area (Å²) in [4.78, 5) is 12.7. The standard InChI is InChI=1S/C41H70O12S/c1-3-5-7-9-11-13-15-17-19-21-23-25-27-29-31-49-33-35(34-50-41-39(45)40(53-54(46,47)48)38(44)36(32-42)52-41)51-37(43)30-28-26-24-22-20-18-16-14-12-10-8-6-4-2/h6,8,12-15,18,20,24,26,35-36,38-42,44-45H,3-5,7,9-11,16-17,19,21-23,25,27-34H2,1-2H3,(H,46,47,48)/b8-6-,14-12-,15-13-,20-18-,26-24-. The zero-order valence-corrected chi connectivity index (χ0v) is 33.6. The predicted octanol–water partition coefficient (Wildman–Crippen LogP) is 7.40. The van der Waals surface area contributed by atoms with Crippen LogP contribution in [0.25, 0.3) is 0 Å². The minimum Gasteiger partial charge on any atom is -0.457 e. The first-order valence-electron chi connectivity index (χ1n) is 20.0. The number of ether oxygens (including phenoxy) is 4. The first-order valence-corrected chi connectivity index (χ1v) is 21.4. The maximum absolute atomic E-state index is 12.7. The van der Waals surface area contributed by atoms with Gasteiger partial charge in [0.15, 0.2) is 6.29 Å². The van der Waals surface area contributed by atoms with Crippen LogP contribution in [-0.2, 0) is 38.3 Å². The van der Waals surface area contributed by atoms with Gasteiger partial charge in [-0.2, -0.15) is 8.42 Å². The van der Waals surface area contributed by atoms with Crippen LogP contribution in [0.2, 0.25) is 0 Å². The van der Waals surface area contributed by atoms with Gasteiger partial charge in [0, 0.05) is 13.0 Å². The molecule has 0 amide bonds. The smallest absolute Gasteiger partial charge is 0.397 e. The van der Waals surface area contributed by atoms with E-state index in [0.717, 1.165) is 57.8 Å². The zero-order valence-electron chi connectivity index (χ0n) is 32.8. The molecule has 54 heavy (non-hydrogen) atoms. The van der Waals surface area contributed by atoms with Crippen LogP contribution in [0.4, 0.5) is 0 Å². The molecule has 6 unspecified atom stereocenters. The lowest BCUT2D eigenvalue weighted by Gasteiger charge is -2.41. The van der Waals surface area contributed by atoms with Crippen LogP contribution in [0, 0.1) is 0 Å². The quantitative estimate of drug-likeness (QED) is 0.0225. The van der Waals surface area contributed by atoms with Crippen LogP contribution >= 0.6 is 0 Å². The molecule has 0 radical (unpaired) electrons. The molecule has 1 saturated heterocycles. The lowest BCUT2D eigenvalue weighted by Crippen LogP contribution is -2.60. The molecular formula is C41H70O12S. The zero-order chi connectivity index (χ0) is 39.7. The summed E-state index contributed by atoms with van der Waals surface area (Å²) in [5.74, 6) is -0.484. The largest absolute Gasteiger partial charge is 0.457 e. The van der Waals surface area contributed by atoms with Crippen molar-refractivity contribution >= 4 is 16.4 Å². The number of allylic oxidation sites excluding steroid dienone is 10. The van der Waals surface area contributed by atoms with Gasteiger partial charge in [0.1, 0.15) is 30.5 Å². The normalized spacial score (nSPS) is 21.8. The number of rotatable bonds is 33. The molecule has 1 heterocycles. The number of aliphatic hydroxyl groups is 3. The van der Waals surface area contributed by atoms with E-state index in [9.17, 15) is 28.5 Å². The van der Waals surface area contributed by atoms with E-state index in [0.29, 0.717) is 13.0 Å². The van der Waals surface area contributed by atoms with Crippen molar-refractivity contribution in [2.45, 2.75) is 166 Å². The maximum atomic E-state index is 12.7. The molecule has 1 fully saturated rings. The number of hydrogen-bond donors (Lipinski definition) is 4. The molecule has 0 bridgehead atoms. The van der Waals surface area contributed by atoms with Crippen LogP contribution in [0.1, 0.15) is 129 Å². The van der Waals surface area contributed by atoms with Crippen molar-refractivity contribution in [2.24, 2.45) is 0 Å². The maximum Gasteiger partial charge on any atom is 0.397 e. The third-order valence-electron chi connectivity index (χ3n) is 8.64. The highest BCUT2D eigenvalue weighted by atomic mass is 32.3. The van der Waals surface area contributed by atoms with Crippen molar-refractivity contribution in [3.63, 3.8) is 0 Å². The van der Waals surface area contributed by atoms with E-state index in [1.54, 1.807) is 0 Å². The highest BCUT2D eigenvalue weighted by molar-refractivity contribution is 7.80. The average Bonchev–Trinajstić information content (AvgIpc) is 3.14. The summed E-state index contributed by atoms with van der Waals surface area (Å²) in [5, 5.41) is 30.5. The van der Waals surface area contributed by atoms with Crippen LogP contribution in [-0.4, -0.2) is 97.5 Å². The molecule has 0 aromatic carbocycles.